The number of benzene rings is 1. The summed E-state index contributed by atoms with van der Waals surface area (Å²) in [5, 5.41) is 3.11. The number of hydrogen-bond acceptors (Lipinski definition) is 5. The van der Waals surface area contributed by atoms with Gasteiger partial charge in [-0.3, -0.25) is 4.79 Å². The van der Waals surface area contributed by atoms with Crippen molar-refractivity contribution in [2.75, 3.05) is 14.2 Å². The molecule has 128 valence electrons. The lowest BCUT2D eigenvalue weighted by Crippen LogP contribution is -2.31. The summed E-state index contributed by atoms with van der Waals surface area (Å²) in [6.45, 7) is 5.11. The van der Waals surface area contributed by atoms with Crippen molar-refractivity contribution in [3.8, 4) is 5.75 Å². The van der Waals surface area contributed by atoms with Crippen molar-refractivity contribution < 1.29 is 19.1 Å². The van der Waals surface area contributed by atoms with Gasteiger partial charge in [0.1, 0.15) is 5.75 Å². The van der Waals surface area contributed by atoms with E-state index in [0.29, 0.717) is 22.6 Å². The standard InChI is InChI=1S/C18H20BrNO4/c1-9-15(11(3)21)17(16(10(2)20-9)18(22)24-5)13-8-12(19)6-7-14(13)23-4/h6-8,17,20H,1-5H3/t17-/m0/s1. The van der Waals surface area contributed by atoms with Gasteiger partial charge in [-0.1, -0.05) is 15.9 Å². The van der Waals surface area contributed by atoms with E-state index in [9.17, 15) is 9.59 Å². The summed E-state index contributed by atoms with van der Waals surface area (Å²) in [7, 11) is 2.89. The SMILES string of the molecule is COC(=O)C1=C(C)NC(C)=C(C(C)=O)[C@@H]1c1cc(Br)ccc1OC. The monoisotopic (exact) mass is 393 g/mol. The van der Waals surface area contributed by atoms with Crippen LogP contribution < -0.4 is 10.1 Å². The number of carbonyl (C=O) groups excluding carboxylic acids is 2. The van der Waals surface area contributed by atoms with Gasteiger partial charge in [0.15, 0.2) is 5.78 Å². The van der Waals surface area contributed by atoms with E-state index in [4.69, 9.17) is 9.47 Å². The molecule has 1 N–H and O–H groups in total. The summed E-state index contributed by atoms with van der Waals surface area (Å²) in [6, 6.07) is 5.52. The molecule has 1 atom stereocenters. The number of dihydropyridines is 1. The number of rotatable bonds is 4. The number of esters is 1. The number of Topliss-reactive ketones (excluding diaryl/α,β-unsaturated/α-hetero) is 1. The van der Waals surface area contributed by atoms with Crippen LogP contribution in [0.4, 0.5) is 0 Å². The van der Waals surface area contributed by atoms with Crippen molar-refractivity contribution >= 4 is 27.7 Å². The molecule has 1 aliphatic rings. The molecule has 0 radical (unpaired) electrons. The molecule has 6 heteroatoms. The van der Waals surface area contributed by atoms with Gasteiger partial charge in [-0.2, -0.15) is 0 Å². The Morgan fingerprint density at radius 2 is 1.75 bits per heavy atom. The van der Waals surface area contributed by atoms with Gasteiger partial charge in [0.05, 0.1) is 25.7 Å². The molecule has 0 aromatic heterocycles. The second kappa shape index (κ2) is 7.21. The summed E-state index contributed by atoms with van der Waals surface area (Å²) in [6.07, 6.45) is 0. The molecule has 5 nitrogen and oxygen atoms in total. The van der Waals surface area contributed by atoms with Gasteiger partial charge in [-0.25, -0.2) is 4.79 Å². The van der Waals surface area contributed by atoms with Crippen molar-refractivity contribution in [2.24, 2.45) is 0 Å². The van der Waals surface area contributed by atoms with E-state index in [1.54, 1.807) is 20.1 Å². The predicted octanol–water partition coefficient (Wildman–Crippen LogP) is 3.45. The fourth-order valence-corrected chi connectivity index (χ4v) is 3.46. The van der Waals surface area contributed by atoms with Gasteiger partial charge >= 0.3 is 5.97 Å². The average molecular weight is 394 g/mol. The molecule has 0 saturated heterocycles. The second-order valence-electron chi connectivity index (χ2n) is 5.57. The van der Waals surface area contributed by atoms with Crippen LogP contribution in [0.1, 0.15) is 32.3 Å². The minimum absolute atomic E-state index is 0.110. The molecule has 1 aliphatic heterocycles. The van der Waals surface area contributed by atoms with Crippen LogP contribution in [0.3, 0.4) is 0 Å². The number of halogens is 1. The molecular formula is C18H20BrNO4. The Morgan fingerprint density at radius 1 is 1.12 bits per heavy atom. The van der Waals surface area contributed by atoms with E-state index in [-0.39, 0.29) is 5.78 Å². The molecule has 2 rings (SSSR count). The van der Waals surface area contributed by atoms with Crippen LogP contribution in [-0.4, -0.2) is 26.0 Å². The highest BCUT2D eigenvalue weighted by molar-refractivity contribution is 9.10. The van der Waals surface area contributed by atoms with Crippen molar-refractivity contribution in [1.82, 2.24) is 5.32 Å². The fourth-order valence-electron chi connectivity index (χ4n) is 3.08. The maximum absolute atomic E-state index is 12.4. The summed E-state index contributed by atoms with van der Waals surface area (Å²) in [4.78, 5) is 24.7. The number of nitrogens with one attached hydrogen (secondary N) is 1. The minimum Gasteiger partial charge on any atom is -0.496 e. The highest BCUT2D eigenvalue weighted by atomic mass is 79.9. The lowest BCUT2D eigenvalue weighted by molar-refractivity contribution is -0.136. The zero-order chi connectivity index (χ0) is 18.0. The van der Waals surface area contributed by atoms with Crippen molar-refractivity contribution in [3.63, 3.8) is 0 Å². The van der Waals surface area contributed by atoms with Crippen molar-refractivity contribution in [3.05, 3.63) is 50.8 Å². The lowest BCUT2D eigenvalue weighted by atomic mass is 9.78. The van der Waals surface area contributed by atoms with E-state index in [1.165, 1.54) is 14.0 Å². The topological polar surface area (TPSA) is 64.6 Å². The van der Waals surface area contributed by atoms with E-state index in [0.717, 1.165) is 15.7 Å². The first-order chi connectivity index (χ1) is 11.3. The fraction of sp³-hybridized carbons (Fsp3) is 0.333. The first-order valence-electron chi connectivity index (χ1n) is 7.43. The Bertz CT molecular complexity index is 764. The third-order valence-electron chi connectivity index (χ3n) is 4.05. The molecule has 0 spiro atoms. The predicted molar refractivity (Wildman–Crippen MR) is 94.7 cm³/mol. The first kappa shape index (κ1) is 18.3. The average Bonchev–Trinajstić information content (AvgIpc) is 2.52. The maximum Gasteiger partial charge on any atom is 0.336 e. The number of methoxy groups -OCH3 is 2. The normalized spacial score (nSPS) is 17.5. The summed E-state index contributed by atoms with van der Waals surface area (Å²) >= 11 is 3.45. The number of allylic oxidation sites excluding steroid dienone is 3. The van der Waals surface area contributed by atoms with Crippen LogP contribution in [-0.2, 0) is 14.3 Å². The first-order valence-corrected chi connectivity index (χ1v) is 8.22. The Kier molecular flexibility index (Phi) is 5.49. The van der Waals surface area contributed by atoms with Crippen LogP contribution in [0, 0.1) is 0 Å². The van der Waals surface area contributed by atoms with Crippen LogP contribution >= 0.6 is 15.9 Å². The maximum atomic E-state index is 12.4. The Labute approximate surface area is 149 Å². The molecule has 0 saturated carbocycles. The molecule has 1 heterocycles. The van der Waals surface area contributed by atoms with Crippen molar-refractivity contribution in [2.45, 2.75) is 26.7 Å². The lowest BCUT2D eigenvalue weighted by Gasteiger charge is -2.31. The third-order valence-corrected chi connectivity index (χ3v) is 4.54. The van der Waals surface area contributed by atoms with Gasteiger partial charge in [0.2, 0.25) is 0 Å². The number of ether oxygens (including phenoxy) is 2. The summed E-state index contributed by atoms with van der Waals surface area (Å²) < 4.78 is 11.3. The summed E-state index contributed by atoms with van der Waals surface area (Å²) in [5.74, 6) is -0.534. The van der Waals surface area contributed by atoms with Gasteiger partial charge in [-0.15, -0.1) is 0 Å². The van der Waals surface area contributed by atoms with Crippen molar-refractivity contribution in [1.29, 1.82) is 0 Å². The molecule has 24 heavy (non-hydrogen) atoms. The van der Waals surface area contributed by atoms with E-state index in [1.807, 2.05) is 19.1 Å². The number of carbonyl (C=O) groups is 2. The molecule has 0 fully saturated rings. The van der Waals surface area contributed by atoms with Crippen LogP contribution in [0.5, 0.6) is 5.75 Å². The Morgan fingerprint density at radius 3 is 2.29 bits per heavy atom. The molecule has 0 unspecified atom stereocenters. The number of ketones is 1. The Balaban J connectivity index is 2.79. The van der Waals surface area contributed by atoms with Crippen LogP contribution in [0.15, 0.2) is 45.2 Å². The highest BCUT2D eigenvalue weighted by Crippen LogP contribution is 2.43. The molecular weight excluding hydrogens is 374 g/mol. The van der Waals surface area contributed by atoms with E-state index < -0.39 is 11.9 Å². The molecule has 1 aromatic rings. The number of hydrogen-bond donors (Lipinski definition) is 1. The highest BCUT2D eigenvalue weighted by Gasteiger charge is 2.37. The van der Waals surface area contributed by atoms with E-state index in [2.05, 4.69) is 21.2 Å². The van der Waals surface area contributed by atoms with Crippen LogP contribution in [0.25, 0.3) is 0 Å². The largest absolute Gasteiger partial charge is 0.496 e. The zero-order valence-corrected chi connectivity index (χ0v) is 15.9. The minimum atomic E-state index is -0.552. The van der Waals surface area contributed by atoms with E-state index >= 15 is 0 Å². The Hall–Kier alpha value is -2.08. The molecule has 0 amide bonds. The van der Waals surface area contributed by atoms with Gasteiger partial charge in [0.25, 0.3) is 0 Å². The summed E-state index contributed by atoms with van der Waals surface area (Å²) in [5.41, 5.74) is 3.05. The van der Waals surface area contributed by atoms with Gasteiger partial charge < -0.3 is 14.8 Å². The quantitative estimate of drug-likeness (QED) is 0.793. The third kappa shape index (κ3) is 3.24. The smallest absolute Gasteiger partial charge is 0.336 e. The van der Waals surface area contributed by atoms with Gasteiger partial charge in [-0.05, 0) is 39.0 Å². The molecule has 0 bridgehead atoms. The zero-order valence-electron chi connectivity index (χ0n) is 14.3. The van der Waals surface area contributed by atoms with Crippen LogP contribution in [0.2, 0.25) is 0 Å². The second-order valence-corrected chi connectivity index (χ2v) is 6.49. The molecule has 0 aliphatic carbocycles. The molecule has 1 aromatic carbocycles. The van der Waals surface area contributed by atoms with Gasteiger partial charge in [0, 0.05) is 27.0 Å².